The maximum absolute atomic E-state index is 10.5. The van der Waals surface area contributed by atoms with Crippen LogP contribution in [0.2, 0.25) is 0 Å². The Morgan fingerprint density at radius 2 is 2.00 bits per heavy atom. The third-order valence-electron chi connectivity index (χ3n) is 2.77. The zero-order valence-electron chi connectivity index (χ0n) is 11.4. The van der Waals surface area contributed by atoms with Crippen molar-refractivity contribution >= 4 is 5.97 Å². The Morgan fingerprint density at radius 1 is 1.37 bits per heavy atom. The molecule has 0 radical (unpaired) electrons. The minimum absolute atomic E-state index is 0.0759. The Morgan fingerprint density at radius 3 is 2.53 bits per heavy atom. The van der Waals surface area contributed by atoms with Crippen LogP contribution in [-0.2, 0) is 4.79 Å². The summed E-state index contributed by atoms with van der Waals surface area (Å²) in [4.78, 5) is 12.3. The first-order chi connectivity index (χ1) is 9.02. The molecule has 1 atom stereocenters. The van der Waals surface area contributed by atoms with Gasteiger partial charge in [0.25, 0.3) is 0 Å². The van der Waals surface area contributed by atoms with Crippen molar-refractivity contribution in [3.63, 3.8) is 0 Å². The first kappa shape index (κ1) is 15.5. The smallest absolute Gasteiger partial charge is 0.304 e. The molecule has 0 aromatic heterocycles. The zero-order chi connectivity index (χ0) is 14.3. The molecule has 1 unspecified atom stereocenters. The molecule has 0 aliphatic rings. The highest BCUT2D eigenvalue weighted by Gasteiger charge is 2.11. The molecule has 5 heteroatoms. The second-order valence-corrected chi connectivity index (χ2v) is 4.42. The van der Waals surface area contributed by atoms with E-state index >= 15 is 0 Å². The van der Waals surface area contributed by atoms with E-state index in [9.17, 15) is 9.90 Å². The van der Waals surface area contributed by atoms with Crippen LogP contribution in [0.25, 0.3) is 0 Å². The van der Waals surface area contributed by atoms with E-state index < -0.39 is 12.1 Å². The molecule has 0 aliphatic heterocycles. The lowest BCUT2D eigenvalue weighted by atomic mass is 10.1. The van der Waals surface area contributed by atoms with Gasteiger partial charge in [0, 0.05) is 13.1 Å². The predicted octanol–water partition coefficient (Wildman–Crippen LogP) is 1.53. The third-order valence-corrected chi connectivity index (χ3v) is 2.77. The number of hydrogen-bond acceptors (Lipinski definition) is 4. The molecule has 0 bridgehead atoms. The fraction of sp³-hybridized carbons (Fsp3) is 0.500. The summed E-state index contributed by atoms with van der Waals surface area (Å²) in [5, 5.41) is 18.6. The molecule has 0 spiro atoms. The van der Waals surface area contributed by atoms with Crippen LogP contribution >= 0.6 is 0 Å². The summed E-state index contributed by atoms with van der Waals surface area (Å²) in [6.45, 7) is 3.35. The molecule has 0 saturated heterocycles. The number of carboxylic acids is 1. The normalized spacial score (nSPS) is 12.4. The number of rotatable bonds is 8. The fourth-order valence-corrected chi connectivity index (χ4v) is 1.73. The van der Waals surface area contributed by atoms with Crippen molar-refractivity contribution < 1.29 is 19.7 Å². The first-order valence-corrected chi connectivity index (χ1v) is 6.34. The summed E-state index contributed by atoms with van der Waals surface area (Å²) >= 11 is 0. The molecule has 106 valence electrons. The molecule has 2 N–H and O–H groups in total. The van der Waals surface area contributed by atoms with Crippen LogP contribution in [0.15, 0.2) is 24.3 Å². The van der Waals surface area contributed by atoms with E-state index in [0.29, 0.717) is 19.7 Å². The average Bonchev–Trinajstić information content (AvgIpc) is 2.37. The summed E-state index contributed by atoms with van der Waals surface area (Å²) in [6, 6.07) is 7.28. The van der Waals surface area contributed by atoms with Crippen LogP contribution in [0.3, 0.4) is 0 Å². The van der Waals surface area contributed by atoms with Crippen molar-refractivity contribution in [3.05, 3.63) is 29.8 Å². The van der Waals surface area contributed by atoms with Gasteiger partial charge in [-0.3, -0.25) is 4.79 Å². The van der Waals surface area contributed by atoms with E-state index in [4.69, 9.17) is 9.84 Å². The minimum Gasteiger partial charge on any atom is -0.494 e. The van der Waals surface area contributed by atoms with Crippen LogP contribution in [0, 0.1) is 0 Å². The number of nitrogens with zero attached hydrogens (tertiary/aromatic N) is 1. The minimum atomic E-state index is -0.831. The Bertz CT molecular complexity index is 391. The standard InChI is InChI=1S/C14H21NO4/c1-3-19-12-6-4-11(5-7-12)13(16)10-15(2)9-8-14(17)18/h4-7,13,16H,3,8-10H2,1-2H3,(H,17,18). The highest BCUT2D eigenvalue weighted by atomic mass is 16.5. The number of likely N-dealkylation sites (N-methyl/N-ethyl adjacent to an activating group) is 1. The maximum Gasteiger partial charge on any atom is 0.304 e. The molecule has 1 aromatic rings. The highest BCUT2D eigenvalue weighted by molar-refractivity contribution is 5.66. The SMILES string of the molecule is CCOc1ccc(C(O)CN(C)CCC(=O)O)cc1. The van der Waals surface area contributed by atoms with Gasteiger partial charge in [-0.25, -0.2) is 0 Å². The van der Waals surface area contributed by atoms with Crippen molar-refractivity contribution in [1.82, 2.24) is 4.90 Å². The summed E-state index contributed by atoms with van der Waals surface area (Å²) in [7, 11) is 1.79. The van der Waals surface area contributed by atoms with Crippen molar-refractivity contribution in [2.24, 2.45) is 0 Å². The second kappa shape index (κ2) is 7.76. The van der Waals surface area contributed by atoms with Crippen LogP contribution < -0.4 is 4.74 Å². The lowest BCUT2D eigenvalue weighted by molar-refractivity contribution is -0.137. The first-order valence-electron chi connectivity index (χ1n) is 6.34. The molecule has 0 heterocycles. The quantitative estimate of drug-likeness (QED) is 0.747. The number of benzene rings is 1. The van der Waals surface area contributed by atoms with Crippen LogP contribution in [-0.4, -0.2) is 47.8 Å². The van der Waals surface area contributed by atoms with Gasteiger partial charge in [-0.2, -0.15) is 0 Å². The van der Waals surface area contributed by atoms with Crippen LogP contribution in [0.5, 0.6) is 5.75 Å². The molecule has 19 heavy (non-hydrogen) atoms. The van der Waals surface area contributed by atoms with E-state index in [1.807, 2.05) is 31.2 Å². The average molecular weight is 267 g/mol. The highest BCUT2D eigenvalue weighted by Crippen LogP contribution is 2.18. The summed E-state index contributed by atoms with van der Waals surface area (Å²) in [5.41, 5.74) is 0.797. The molecular weight excluding hydrogens is 246 g/mol. The Kier molecular flexibility index (Phi) is 6.32. The fourth-order valence-electron chi connectivity index (χ4n) is 1.73. The second-order valence-electron chi connectivity index (χ2n) is 4.42. The Labute approximate surface area is 113 Å². The van der Waals surface area contributed by atoms with Gasteiger partial charge in [0.1, 0.15) is 5.75 Å². The third kappa shape index (κ3) is 5.72. The van der Waals surface area contributed by atoms with Crippen molar-refractivity contribution in [3.8, 4) is 5.75 Å². The molecule has 0 fully saturated rings. The van der Waals surface area contributed by atoms with E-state index in [0.717, 1.165) is 11.3 Å². The zero-order valence-corrected chi connectivity index (χ0v) is 11.4. The van der Waals surface area contributed by atoms with Gasteiger partial charge in [0.05, 0.1) is 19.1 Å². The predicted molar refractivity (Wildman–Crippen MR) is 72.3 cm³/mol. The van der Waals surface area contributed by atoms with Crippen molar-refractivity contribution in [2.45, 2.75) is 19.4 Å². The largest absolute Gasteiger partial charge is 0.494 e. The number of aliphatic hydroxyl groups excluding tert-OH is 1. The monoisotopic (exact) mass is 267 g/mol. The number of ether oxygens (including phenoxy) is 1. The van der Waals surface area contributed by atoms with E-state index in [2.05, 4.69) is 0 Å². The van der Waals surface area contributed by atoms with Gasteiger partial charge in [-0.05, 0) is 31.7 Å². The Balaban J connectivity index is 2.47. The van der Waals surface area contributed by atoms with Gasteiger partial charge in [0.2, 0.25) is 0 Å². The van der Waals surface area contributed by atoms with Crippen LogP contribution in [0.1, 0.15) is 25.0 Å². The van der Waals surface area contributed by atoms with Gasteiger partial charge in [-0.15, -0.1) is 0 Å². The lowest BCUT2D eigenvalue weighted by Crippen LogP contribution is -2.27. The molecule has 0 amide bonds. The molecule has 0 aliphatic carbocycles. The molecule has 5 nitrogen and oxygen atoms in total. The van der Waals surface area contributed by atoms with Gasteiger partial charge in [-0.1, -0.05) is 12.1 Å². The van der Waals surface area contributed by atoms with Gasteiger partial charge >= 0.3 is 5.97 Å². The van der Waals surface area contributed by atoms with E-state index in [1.54, 1.807) is 11.9 Å². The van der Waals surface area contributed by atoms with Crippen molar-refractivity contribution in [2.75, 3.05) is 26.7 Å². The van der Waals surface area contributed by atoms with Crippen molar-refractivity contribution in [1.29, 1.82) is 0 Å². The summed E-state index contributed by atoms with van der Waals surface area (Å²) in [6.07, 6.45) is -0.554. The summed E-state index contributed by atoms with van der Waals surface area (Å²) in [5.74, 6) is -0.0555. The van der Waals surface area contributed by atoms with E-state index in [-0.39, 0.29) is 6.42 Å². The number of aliphatic hydroxyl groups is 1. The summed E-state index contributed by atoms with van der Waals surface area (Å²) < 4.78 is 5.33. The lowest BCUT2D eigenvalue weighted by Gasteiger charge is -2.20. The van der Waals surface area contributed by atoms with Gasteiger partial charge < -0.3 is 19.8 Å². The number of hydrogen-bond donors (Lipinski definition) is 2. The number of aliphatic carboxylic acids is 1. The molecule has 0 saturated carbocycles. The molecular formula is C14H21NO4. The number of carbonyl (C=O) groups is 1. The number of carboxylic acid groups (broad SMARTS) is 1. The van der Waals surface area contributed by atoms with Crippen LogP contribution in [0.4, 0.5) is 0 Å². The van der Waals surface area contributed by atoms with E-state index in [1.165, 1.54) is 0 Å². The van der Waals surface area contributed by atoms with Gasteiger partial charge in [0.15, 0.2) is 0 Å². The topological polar surface area (TPSA) is 70.0 Å². The molecule has 1 aromatic carbocycles. The maximum atomic E-state index is 10.5. The molecule has 1 rings (SSSR count). The Hall–Kier alpha value is -1.59.